The molecule has 5 nitrogen and oxygen atoms in total. The molecule has 0 spiro atoms. The number of nitrogens with zero attached hydrogens (tertiary/aromatic N) is 4. The van der Waals surface area contributed by atoms with Crippen molar-refractivity contribution < 1.29 is 4.74 Å². The molecule has 0 unspecified atom stereocenters. The van der Waals surface area contributed by atoms with Crippen LogP contribution in [-0.2, 0) is 17.2 Å². The van der Waals surface area contributed by atoms with E-state index in [2.05, 4.69) is 27.2 Å². The molecule has 2 aliphatic carbocycles. The Hall–Kier alpha value is -1.33. The van der Waals surface area contributed by atoms with Crippen LogP contribution in [0.25, 0.3) is 0 Å². The van der Waals surface area contributed by atoms with Crippen LogP contribution in [0.1, 0.15) is 44.3 Å². The Morgan fingerprint density at radius 3 is 2.62 bits per heavy atom. The van der Waals surface area contributed by atoms with Crippen molar-refractivity contribution in [2.24, 2.45) is 7.05 Å². The average Bonchev–Trinajstić information content (AvgIpc) is 3.19. The molecular formula is C18H25ClN4O. The Balaban J connectivity index is 1.62. The van der Waals surface area contributed by atoms with Gasteiger partial charge in [0.25, 0.3) is 0 Å². The third-order valence-corrected chi connectivity index (χ3v) is 6.33. The Bertz CT molecular complexity index is 668. The lowest BCUT2D eigenvalue weighted by molar-refractivity contribution is -0.00767. The number of hydrogen-bond acceptors (Lipinski definition) is 4. The van der Waals surface area contributed by atoms with Crippen molar-refractivity contribution in [3.8, 4) is 0 Å². The minimum atomic E-state index is -0.117. The molecule has 0 bridgehead atoms. The molecule has 0 radical (unpaired) electrons. The molecule has 2 fully saturated rings. The van der Waals surface area contributed by atoms with Crippen molar-refractivity contribution in [1.29, 1.82) is 0 Å². The van der Waals surface area contributed by atoms with Crippen LogP contribution in [0.2, 0.25) is 0 Å². The Morgan fingerprint density at radius 2 is 2.04 bits per heavy atom. The zero-order chi connectivity index (χ0) is 16.7. The number of halogens is 1. The predicted molar refractivity (Wildman–Crippen MR) is 93.7 cm³/mol. The molecule has 0 N–H and O–H groups in total. The molecule has 4 rings (SSSR count). The van der Waals surface area contributed by atoms with Crippen LogP contribution in [0, 0.1) is 0 Å². The highest BCUT2D eigenvalue weighted by Crippen LogP contribution is 2.51. The second-order valence-corrected chi connectivity index (χ2v) is 7.72. The minimum Gasteiger partial charge on any atom is -0.381 e. The summed E-state index contributed by atoms with van der Waals surface area (Å²) in [6.45, 7) is 0.895. The maximum atomic E-state index is 6.69. The summed E-state index contributed by atoms with van der Waals surface area (Å²) in [7, 11) is 3.79. The van der Waals surface area contributed by atoms with E-state index in [9.17, 15) is 0 Å². The van der Waals surface area contributed by atoms with Crippen LogP contribution in [0.5, 0.6) is 0 Å². The molecule has 1 aliphatic heterocycles. The highest BCUT2D eigenvalue weighted by Gasteiger charge is 2.51. The largest absolute Gasteiger partial charge is 0.381 e. The molecule has 3 aliphatic rings. The van der Waals surface area contributed by atoms with Gasteiger partial charge in [0, 0.05) is 26.7 Å². The fourth-order valence-corrected chi connectivity index (χ4v) is 4.90. The Kier molecular flexibility index (Phi) is 4.17. The molecule has 1 aromatic rings. The maximum absolute atomic E-state index is 6.69. The van der Waals surface area contributed by atoms with E-state index in [1.54, 1.807) is 13.4 Å². The van der Waals surface area contributed by atoms with Crippen molar-refractivity contribution in [2.45, 2.75) is 56.1 Å². The molecule has 1 aromatic heterocycles. The number of rotatable bonds is 4. The molecular weight excluding hydrogens is 324 g/mol. The summed E-state index contributed by atoms with van der Waals surface area (Å²) in [5.41, 5.74) is 1.15. The molecule has 0 amide bonds. The lowest BCUT2D eigenvalue weighted by atomic mass is 9.61. The number of methoxy groups -OCH3 is 1. The molecule has 130 valence electrons. The molecule has 24 heavy (non-hydrogen) atoms. The van der Waals surface area contributed by atoms with Crippen molar-refractivity contribution in [3.05, 3.63) is 35.0 Å². The summed E-state index contributed by atoms with van der Waals surface area (Å²) in [6, 6.07) is 0.602. The molecule has 6 heteroatoms. The number of aromatic nitrogens is 3. The van der Waals surface area contributed by atoms with Gasteiger partial charge in [-0.1, -0.05) is 30.5 Å². The van der Waals surface area contributed by atoms with Gasteiger partial charge >= 0.3 is 0 Å². The predicted octanol–water partition coefficient (Wildman–Crippen LogP) is 3.13. The van der Waals surface area contributed by atoms with Crippen LogP contribution in [0.15, 0.2) is 29.2 Å². The Labute approximate surface area is 148 Å². The summed E-state index contributed by atoms with van der Waals surface area (Å²) >= 11 is 6.69. The molecule has 0 atom stereocenters. The second kappa shape index (κ2) is 6.19. The zero-order valence-corrected chi connectivity index (χ0v) is 15.2. The average molecular weight is 349 g/mol. The van der Waals surface area contributed by atoms with Crippen LogP contribution in [0.4, 0.5) is 0 Å². The van der Waals surface area contributed by atoms with Crippen LogP contribution >= 0.6 is 11.6 Å². The summed E-state index contributed by atoms with van der Waals surface area (Å²) in [5.74, 6) is 1.01. The standard InChI is InChI=1S/C18H25ClN4O/c1-22-12-20-21-17(22)18(10-15(11-18)24-2)13-7-8-23(16(19)9-13)14-5-3-4-6-14/h7,9,12,14-15H,3-6,8,10-11H2,1-2H3. The fraction of sp³-hybridized carbons (Fsp3) is 0.667. The van der Waals surface area contributed by atoms with Crippen LogP contribution < -0.4 is 0 Å². The molecule has 0 saturated heterocycles. The third-order valence-electron chi connectivity index (χ3n) is 6.00. The van der Waals surface area contributed by atoms with Gasteiger partial charge < -0.3 is 14.2 Å². The van der Waals surface area contributed by atoms with Crippen LogP contribution in [0.3, 0.4) is 0 Å². The molecule has 2 heterocycles. The van der Waals surface area contributed by atoms with E-state index < -0.39 is 0 Å². The summed E-state index contributed by atoms with van der Waals surface area (Å²) in [6.07, 6.45) is 13.6. The van der Waals surface area contributed by atoms with Crippen molar-refractivity contribution >= 4 is 11.6 Å². The van der Waals surface area contributed by atoms with Gasteiger partial charge in [-0.05, 0) is 37.3 Å². The molecule has 2 saturated carbocycles. The fourth-order valence-electron chi connectivity index (χ4n) is 4.58. The zero-order valence-electron chi connectivity index (χ0n) is 14.4. The smallest absolute Gasteiger partial charge is 0.143 e. The van der Waals surface area contributed by atoms with Gasteiger partial charge in [0.2, 0.25) is 0 Å². The highest BCUT2D eigenvalue weighted by atomic mass is 35.5. The number of allylic oxidation sites excluding steroid dienone is 2. The van der Waals surface area contributed by atoms with E-state index in [4.69, 9.17) is 16.3 Å². The van der Waals surface area contributed by atoms with Gasteiger partial charge in [-0.25, -0.2) is 0 Å². The van der Waals surface area contributed by atoms with Crippen molar-refractivity contribution in [3.63, 3.8) is 0 Å². The summed E-state index contributed by atoms with van der Waals surface area (Å²) < 4.78 is 7.58. The monoisotopic (exact) mass is 348 g/mol. The SMILES string of the molecule is COC1CC(C2=CCN(C3CCCC3)C(Cl)=C2)(c2nncn2C)C1. The van der Waals surface area contributed by atoms with E-state index in [-0.39, 0.29) is 11.5 Å². The third kappa shape index (κ3) is 2.49. The van der Waals surface area contributed by atoms with E-state index in [1.807, 2.05) is 11.6 Å². The number of aryl methyl sites for hydroxylation is 1. The first kappa shape index (κ1) is 16.2. The van der Waals surface area contributed by atoms with Crippen LogP contribution in [-0.4, -0.2) is 45.5 Å². The maximum Gasteiger partial charge on any atom is 0.143 e. The number of hydrogen-bond donors (Lipinski definition) is 0. The van der Waals surface area contributed by atoms with Gasteiger partial charge in [0.1, 0.15) is 17.3 Å². The first-order chi connectivity index (χ1) is 11.6. The van der Waals surface area contributed by atoms with Gasteiger partial charge in [0.05, 0.1) is 11.5 Å². The van der Waals surface area contributed by atoms with E-state index in [0.717, 1.165) is 30.4 Å². The van der Waals surface area contributed by atoms with E-state index in [1.165, 1.54) is 31.3 Å². The lowest BCUT2D eigenvalue weighted by Crippen LogP contribution is -2.49. The highest BCUT2D eigenvalue weighted by molar-refractivity contribution is 6.29. The van der Waals surface area contributed by atoms with Crippen molar-refractivity contribution in [2.75, 3.05) is 13.7 Å². The lowest BCUT2D eigenvalue weighted by Gasteiger charge is -2.48. The quantitative estimate of drug-likeness (QED) is 0.784. The summed E-state index contributed by atoms with van der Waals surface area (Å²) in [5, 5.41) is 9.38. The first-order valence-electron chi connectivity index (χ1n) is 8.86. The van der Waals surface area contributed by atoms with Gasteiger partial charge in [0.15, 0.2) is 0 Å². The minimum absolute atomic E-state index is 0.117. The summed E-state index contributed by atoms with van der Waals surface area (Å²) in [4.78, 5) is 2.36. The first-order valence-corrected chi connectivity index (χ1v) is 9.23. The normalized spacial score (nSPS) is 31.0. The van der Waals surface area contributed by atoms with Gasteiger partial charge in [-0.3, -0.25) is 0 Å². The van der Waals surface area contributed by atoms with Gasteiger partial charge in [-0.2, -0.15) is 0 Å². The number of ether oxygens (including phenoxy) is 1. The molecule has 0 aromatic carbocycles. The van der Waals surface area contributed by atoms with E-state index >= 15 is 0 Å². The van der Waals surface area contributed by atoms with Crippen molar-refractivity contribution in [1.82, 2.24) is 19.7 Å². The van der Waals surface area contributed by atoms with E-state index in [0.29, 0.717) is 6.04 Å². The topological polar surface area (TPSA) is 43.2 Å². The Morgan fingerprint density at radius 1 is 1.29 bits per heavy atom. The second-order valence-electron chi connectivity index (χ2n) is 7.33. The van der Waals surface area contributed by atoms with Gasteiger partial charge in [-0.15, -0.1) is 10.2 Å².